The minimum Gasteiger partial charge on any atom is -0.491 e. The molecule has 0 aliphatic rings. The molecule has 1 aromatic heterocycles. The van der Waals surface area contributed by atoms with Gasteiger partial charge < -0.3 is 15.0 Å². The van der Waals surface area contributed by atoms with Crippen molar-refractivity contribution in [2.75, 3.05) is 6.61 Å². The smallest absolute Gasteiger partial charge is 0.133 e. The van der Waals surface area contributed by atoms with Gasteiger partial charge in [-0.3, -0.25) is 0 Å². The van der Waals surface area contributed by atoms with Crippen LogP contribution in [0.25, 0.3) is 0 Å². The zero-order valence-corrected chi connectivity index (χ0v) is 13.2. The average molecular weight is 338 g/mol. The van der Waals surface area contributed by atoms with E-state index in [0.717, 1.165) is 29.6 Å². The number of halogens is 1. The number of nitrogens with two attached hydrogens (primary N) is 1. The first-order valence-electron chi connectivity index (χ1n) is 6.81. The molecule has 0 aliphatic heterocycles. The van der Waals surface area contributed by atoms with Crippen LogP contribution in [0, 0.1) is 0 Å². The fourth-order valence-electron chi connectivity index (χ4n) is 1.92. The van der Waals surface area contributed by atoms with E-state index in [-0.39, 0.29) is 6.04 Å². The van der Waals surface area contributed by atoms with E-state index in [2.05, 4.69) is 40.0 Å². The summed E-state index contributed by atoms with van der Waals surface area (Å²) in [4.78, 5) is 4.00. The molecule has 2 N–H and O–H groups in total. The van der Waals surface area contributed by atoms with Gasteiger partial charge >= 0.3 is 0 Å². The van der Waals surface area contributed by atoms with Gasteiger partial charge in [0.15, 0.2) is 0 Å². The number of benzene rings is 1. The Morgan fingerprint density at radius 3 is 2.95 bits per heavy atom. The summed E-state index contributed by atoms with van der Waals surface area (Å²) in [6.45, 7) is 3.50. The second-order valence-corrected chi connectivity index (χ2v) is 5.64. The third kappa shape index (κ3) is 4.35. The van der Waals surface area contributed by atoms with E-state index in [1.165, 1.54) is 5.56 Å². The first-order chi connectivity index (χ1) is 9.69. The van der Waals surface area contributed by atoms with E-state index in [4.69, 9.17) is 10.5 Å². The lowest BCUT2D eigenvalue weighted by Gasteiger charge is -2.12. The van der Waals surface area contributed by atoms with Crippen molar-refractivity contribution >= 4 is 15.9 Å². The SMILES string of the molecule is CCC(N)Cc1ccc(OCCn2ccnc2)c(Br)c1. The highest BCUT2D eigenvalue weighted by Gasteiger charge is 2.06. The van der Waals surface area contributed by atoms with E-state index in [9.17, 15) is 0 Å². The zero-order valence-electron chi connectivity index (χ0n) is 11.6. The Kier molecular flexibility index (Phi) is 5.61. The number of nitrogens with zero attached hydrogens (tertiary/aromatic N) is 2. The van der Waals surface area contributed by atoms with Gasteiger partial charge in [0.05, 0.1) is 17.3 Å². The second kappa shape index (κ2) is 7.45. The Morgan fingerprint density at radius 1 is 1.45 bits per heavy atom. The molecule has 1 heterocycles. The number of ether oxygens (including phenoxy) is 1. The molecule has 1 unspecified atom stereocenters. The van der Waals surface area contributed by atoms with Crippen molar-refractivity contribution < 1.29 is 4.74 Å². The molecule has 1 atom stereocenters. The summed E-state index contributed by atoms with van der Waals surface area (Å²) in [5, 5.41) is 0. The molecule has 0 spiro atoms. The minimum atomic E-state index is 0.218. The van der Waals surface area contributed by atoms with E-state index in [1.54, 1.807) is 12.5 Å². The van der Waals surface area contributed by atoms with Crippen molar-refractivity contribution in [1.29, 1.82) is 0 Å². The van der Waals surface area contributed by atoms with Crippen molar-refractivity contribution in [2.45, 2.75) is 32.4 Å². The normalized spacial score (nSPS) is 12.3. The van der Waals surface area contributed by atoms with Gasteiger partial charge in [-0.25, -0.2) is 4.98 Å². The van der Waals surface area contributed by atoms with Crippen LogP contribution in [0.4, 0.5) is 0 Å². The first kappa shape index (κ1) is 15.1. The van der Waals surface area contributed by atoms with E-state index in [0.29, 0.717) is 6.61 Å². The fourth-order valence-corrected chi connectivity index (χ4v) is 2.46. The number of hydrogen-bond donors (Lipinski definition) is 1. The van der Waals surface area contributed by atoms with Gasteiger partial charge in [0.1, 0.15) is 12.4 Å². The summed E-state index contributed by atoms with van der Waals surface area (Å²) < 4.78 is 8.73. The van der Waals surface area contributed by atoms with Crippen molar-refractivity contribution in [3.63, 3.8) is 0 Å². The topological polar surface area (TPSA) is 53.1 Å². The maximum absolute atomic E-state index is 5.97. The van der Waals surface area contributed by atoms with Crippen LogP contribution in [0.1, 0.15) is 18.9 Å². The third-order valence-electron chi connectivity index (χ3n) is 3.18. The molecule has 2 rings (SSSR count). The van der Waals surface area contributed by atoms with E-state index < -0.39 is 0 Å². The van der Waals surface area contributed by atoms with E-state index >= 15 is 0 Å². The lowest BCUT2D eigenvalue weighted by molar-refractivity contribution is 0.296. The number of rotatable bonds is 7. The minimum absolute atomic E-state index is 0.218. The van der Waals surface area contributed by atoms with E-state index in [1.807, 2.05) is 16.8 Å². The van der Waals surface area contributed by atoms with Gasteiger partial charge in [-0.05, 0) is 46.5 Å². The van der Waals surface area contributed by atoms with Crippen LogP contribution in [-0.4, -0.2) is 22.2 Å². The molecule has 5 heteroatoms. The van der Waals surface area contributed by atoms with Crippen LogP contribution in [0.15, 0.2) is 41.4 Å². The molecular formula is C15H20BrN3O. The van der Waals surface area contributed by atoms with Crippen molar-refractivity contribution in [3.8, 4) is 5.75 Å². The zero-order chi connectivity index (χ0) is 14.4. The summed E-state index contributed by atoms with van der Waals surface area (Å²) in [6, 6.07) is 6.37. The quantitative estimate of drug-likeness (QED) is 0.844. The summed E-state index contributed by atoms with van der Waals surface area (Å²) in [5.41, 5.74) is 7.20. The Morgan fingerprint density at radius 2 is 2.30 bits per heavy atom. The molecule has 1 aromatic carbocycles. The highest BCUT2D eigenvalue weighted by molar-refractivity contribution is 9.10. The van der Waals surface area contributed by atoms with Crippen LogP contribution < -0.4 is 10.5 Å². The van der Waals surface area contributed by atoms with Gasteiger partial charge in [-0.15, -0.1) is 0 Å². The molecule has 108 valence electrons. The fraction of sp³-hybridized carbons (Fsp3) is 0.400. The molecule has 0 saturated carbocycles. The average Bonchev–Trinajstić information content (AvgIpc) is 2.94. The van der Waals surface area contributed by atoms with Gasteiger partial charge in [-0.1, -0.05) is 13.0 Å². The lowest BCUT2D eigenvalue weighted by Crippen LogP contribution is -2.21. The summed E-state index contributed by atoms with van der Waals surface area (Å²) in [5.74, 6) is 0.860. The molecule has 0 bridgehead atoms. The van der Waals surface area contributed by atoms with Gasteiger partial charge in [-0.2, -0.15) is 0 Å². The molecule has 0 aliphatic carbocycles. The van der Waals surface area contributed by atoms with Gasteiger partial charge in [0.2, 0.25) is 0 Å². The predicted molar refractivity (Wildman–Crippen MR) is 83.8 cm³/mol. The van der Waals surface area contributed by atoms with Crippen LogP contribution in [0.3, 0.4) is 0 Å². The van der Waals surface area contributed by atoms with Crippen LogP contribution in [0.5, 0.6) is 5.75 Å². The molecule has 0 fully saturated rings. The summed E-state index contributed by atoms with van der Waals surface area (Å²) in [7, 11) is 0. The van der Waals surface area contributed by atoms with Crippen molar-refractivity contribution in [1.82, 2.24) is 9.55 Å². The molecule has 2 aromatic rings. The highest BCUT2D eigenvalue weighted by atomic mass is 79.9. The molecule has 0 amide bonds. The van der Waals surface area contributed by atoms with Gasteiger partial charge in [0.25, 0.3) is 0 Å². The van der Waals surface area contributed by atoms with Gasteiger partial charge in [0, 0.05) is 18.4 Å². The molecule has 20 heavy (non-hydrogen) atoms. The molecule has 0 radical (unpaired) electrons. The van der Waals surface area contributed by atoms with Crippen LogP contribution >= 0.6 is 15.9 Å². The lowest BCUT2D eigenvalue weighted by atomic mass is 10.0. The molecular weight excluding hydrogens is 318 g/mol. The second-order valence-electron chi connectivity index (χ2n) is 4.79. The number of hydrogen-bond acceptors (Lipinski definition) is 3. The Hall–Kier alpha value is -1.33. The van der Waals surface area contributed by atoms with Crippen LogP contribution in [0.2, 0.25) is 0 Å². The van der Waals surface area contributed by atoms with Crippen molar-refractivity contribution in [3.05, 3.63) is 47.0 Å². The number of imidazole rings is 1. The maximum atomic E-state index is 5.97. The van der Waals surface area contributed by atoms with Crippen LogP contribution in [-0.2, 0) is 13.0 Å². The molecule has 0 saturated heterocycles. The first-order valence-corrected chi connectivity index (χ1v) is 7.61. The Balaban J connectivity index is 1.88. The monoisotopic (exact) mass is 337 g/mol. The number of aromatic nitrogens is 2. The predicted octanol–water partition coefficient (Wildman–Crippen LogP) is 3.00. The molecule has 4 nitrogen and oxygen atoms in total. The largest absolute Gasteiger partial charge is 0.491 e. The Labute approximate surface area is 128 Å². The van der Waals surface area contributed by atoms with Crippen molar-refractivity contribution in [2.24, 2.45) is 5.73 Å². The summed E-state index contributed by atoms with van der Waals surface area (Å²) >= 11 is 3.55. The maximum Gasteiger partial charge on any atom is 0.133 e. The summed E-state index contributed by atoms with van der Waals surface area (Å²) in [6.07, 6.45) is 7.36. The Bertz CT molecular complexity index is 528. The standard InChI is InChI=1S/C15H20BrN3O/c1-2-13(17)9-12-3-4-15(14(16)10-12)20-8-7-19-6-5-18-11-19/h3-6,10-11,13H,2,7-9,17H2,1H3. The third-order valence-corrected chi connectivity index (χ3v) is 3.80. The highest BCUT2D eigenvalue weighted by Crippen LogP contribution is 2.26.